The van der Waals surface area contributed by atoms with Gasteiger partial charge in [-0.1, -0.05) is 36.4 Å². The molecule has 2 rings (SSSR count). The number of nitrogens with two attached hydrogens (primary N) is 2. The fourth-order valence-corrected chi connectivity index (χ4v) is 3.87. The molecule has 0 fully saturated rings. The zero-order valence-corrected chi connectivity index (χ0v) is 20.5. The van der Waals surface area contributed by atoms with E-state index in [0.29, 0.717) is 11.3 Å². The Hall–Kier alpha value is -3.53. The number of nitrogens with one attached hydrogen (secondary N) is 2. The quantitative estimate of drug-likeness (QED) is 0.184. The average Bonchev–Trinajstić information content (AvgIpc) is 2.76. The molecule has 0 aliphatic rings. The highest BCUT2D eigenvalue weighted by Crippen LogP contribution is 2.29. The molecule has 2 aromatic carbocycles. The molecule has 0 heterocycles. The SMILES string of the molecule is CSC(NC(=O)CNC(=O)c1cccc(N=C(N)N)c1)C(C(=O)OC(C)(C)C)c1ccccc1. The van der Waals surface area contributed by atoms with Crippen molar-refractivity contribution >= 4 is 41.2 Å². The van der Waals surface area contributed by atoms with Crippen LogP contribution in [-0.4, -0.2) is 47.5 Å². The summed E-state index contributed by atoms with van der Waals surface area (Å²) in [5.74, 6) is -2.21. The largest absolute Gasteiger partial charge is 0.459 e. The third-order valence-electron chi connectivity index (χ3n) is 4.46. The molecule has 182 valence electrons. The Kier molecular flexibility index (Phi) is 9.49. The summed E-state index contributed by atoms with van der Waals surface area (Å²) in [6, 6.07) is 15.5. The summed E-state index contributed by atoms with van der Waals surface area (Å²) >= 11 is 1.31. The van der Waals surface area contributed by atoms with Crippen LogP contribution in [0, 0.1) is 0 Å². The van der Waals surface area contributed by atoms with E-state index in [1.54, 1.807) is 45.2 Å². The molecule has 2 amide bonds. The van der Waals surface area contributed by atoms with Gasteiger partial charge in [-0.3, -0.25) is 14.4 Å². The fraction of sp³-hybridized carbons (Fsp3) is 0.333. The van der Waals surface area contributed by atoms with Crippen LogP contribution in [-0.2, 0) is 14.3 Å². The van der Waals surface area contributed by atoms with Gasteiger partial charge in [0.1, 0.15) is 11.5 Å². The zero-order chi connectivity index (χ0) is 25.3. The van der Waals surface area contributed by atoms with Crippen molar-refractivity contribution in [1.82, 2.24) is 10.6 Å². The summed E-state index contributed by atoms with van der Waals surface area (Å²) in [7, 11) is 0. The summed E-state index contributed by atoms with van der Waals surface area (Å²) in [5.41, 5.74) is 11.5. The lowest BCUT2D eigenvalue weighted by Gasteiger charge is -2.29. The topological polar surface area (TPSA) is 149 Å². The Morgan fingerprint density at radius 2 is 1.74 bits per heavy atom. The van der Waals surface area contributed by atoms with E-state index in [1.165, 1.54) is 17.8 Å². The third kappa shape index (κ3) is 8.43. The van der Waals surface area contributed by atoms with Gasteiger partial charge in [-0.25, -0.2) is 4.99 Å². The van der Waals surface area contributed by atoms with E-state index in [4.69, 9.17) is 16.2 Å². The molecule has 2 aromatic rings. The summed E-state index contributed by atoms with van der Waals surface area (Å²) in [4.78, 5) is 42.1. The maximum Gasteiger partial charge on any atom is 0.316 e. The van der Waals surface area contributed by atoms with Gasteiger partial charge in [-0.2, -0.15) is 0 Å². The van der Waals surface area contributed by atoms with Crippen LogP contribution in [0.1, 0.15) is 42.6 Å². The molecule has 0 spiro atoms. The van der Waals surface area contributed by atoms with Crippen LogP contribution in [0.4, 0.5) is 5.69 Å². The third-order valence-corrected chi connectivity index (χ3v) is 5.35. The Bertz CT molecular complexity index is 1030. The molecule has 0 aliphatic heterocycles. The molecule has 10 heteroatoms. The maximum atomic E-state index is 13.0. The molecule has 2 unspecified atom stereocenters. The van der Waals surface area contributed by atoms with Gasteiger partial charge in [0.25, 0.3) is 5.91 Å². The maximum absolute atomic E-state index is 13.0. The number of thioether (sulfide) groups is 1. The molecule has 2 atom stereocenters. The molecule has 6 N–H and O–H groups in total. The summed E-state index contributed by atoms with van der Waals surface area (Å²) in [6.07, 6.45) is 1.79. The summed E-state index contributed by atoms with van der Waals surface area (Å²) in [5, 5.41) is 4.79. The van der Waals surface area contributed by atoms with E-state index in [1.807, 2.05) is 30.3 Å². The number of benzene rings is 2. The van der Waals surface area contributed by atoms with E-state index in [2.05, 4.69) is 15.6 Å². The minimum absolute atomic E-state index is 0.127. The van der Waals surface area contributed by atoms with Gasteiger partial charge in [0.2, 0.25) is 5.91 Å². The van der Waals surface area contributed by atoms with Crippen LogP contribution in [0.3, 0.4) is 0 Å². The predicted molar refractivity (Wildman–Crippen MR) is 135 cm³/mol. The Morgan fingerprint density at radius 3 is 2.32 bits per heavy atom. The van der Waals surface area contributed by atoms with Crippen molar-refractivity contribution in [3.63, 3.8) is 0 Å². The Balaban J connectivity index is 2.10. The van der Waals surface area contributed by atoms with Crippen LogP contribution in [0.15, 0.2) is 59.6 Å². The molecule has 0 aromatic heterocycles. The number of rotatable bonds is 9. The molecular formula is C24H31N5O4S. The first kappa shape index (κ1) is 26.7. The molecule has 0 aliphatic carbocycles. The molecule has 0 saturated carbocycles. The van der Waals surface area contributed by atoms with Crippen molar-refractivity contribution < 1.29 is 19.1 Å². The second kappa shape index (κ2) is 12.1. The van der Waals surface area contributed by atoms with Gasteiger partial charge >= 0.3 is 5.97 Å². The molecule has 9 nitrogen and oxygen atoms in total. The normalized spacial score (nSPS) is 12.7. The number of esters is 1. The van der Waals surface area contributed by atoms with Crippen LogP contribution >= 0.6 is 11.8 Å². The van der Waals surface area contributed by atoms with Crippen LogP contribution in [0.2, 0.25) is 0 Å². The lowest BCUT2D eigenvalue weighted by molar-refractivity contribution is -0.157. The second-order valence-corrected chi connectivity index (χ2v) is 9.39. The first-order valence-electron chi connectivity index (χ1n) is 10.6. The highest BCUT2D eigenvalue weighted by atomic mass is 32.2. The average molecular weight is 486 g/mol. The van der Waals surface area contributed by atoms with Gasteiger partial charge in [-0.05, 0) is 50.8 Å². The van der Waals surface area contributed by atoms with Gasteiger partial charge < -0.3 is 26.8 Å². The summed E-state index contributed by atoms with van der Waals surface area (Å²) in [6.45, 7) is 5.09. The fourth-order valence-electron chi connectivity index (χ4n) is 3.08. The minimum atomic E-state index is -0.730. The van der Waals surface area contributed by atoms with E-state index < -0.39 is 34.7 Å². The predicted octanol–water partition coefficient (Wildman–Crippen LogP) is 2.25. The van der Waals surface area contributed by atoms with E-state index >= 15 is 0 Å². The van der Waals surface area contributed by atoms with Gasteiger partial charge in [0.15, 0.2) is 5.96 Å². The van der Waals surface area contributed by atoms with Gasteiger partial charge in [-0.15, -0.1) is 11.8 Å². The van der Waals surface area contributed by atoms with E-state index in [9.17, 15) is 14.4 Å². The van der Waals surface area contributed by atoms with Crippen molar-refractivity contribution in [2.45, 2.75) is 37.7 Å². The molecular weight excluding hydrogens is 454 g/mol. The number of guanidine groups is 1. The molecule has 0 bridgehead atoms. The number of hydrogen-bond acceptors (Lipinski definition) is 6. The molecule has 0 saturated heterocycles. The number of carbonyl (C=O) groups excluding carboxylic acids is 3. The smallest absolute Gasteiger partial charge is 0.316 e. The Labute approximate surface area is 203 Å². The van der Waals surface area contributed by atoms with Crippen LogP contribution < -0.4 is 22.1 Å². The lowest BCUT2D eigenvalue weighted by Crippen LogP contribution is -2.45. The van der Waals surface area contributed by atoms with Crippen molar-refractivity contribution in [2.24, 2.45) is 16.5 Å². The van der Waals surface area contributed by atoms with Crippen molar-refractivity contribution in [3.8, 4) is 0 Å². The minimum Gasteiger partial charge on any atom is -0.459 e. The van der Waals surface area contributed by atoms with Crippen LogP contribution in [0.25, 0.3) is 0 Å². The molecule has 34 heavy (non-hydrogen) atoms. The number of ether oxygens (including phenoxy) is 1. The Morgan fingerprint density at radius 1 is 1.06 bits per heavy atom. The lowest BCUT2D eigenvalue weighted by atomic mass is 9.98. The standard InChI is InChI=1S/C24H31N5O4S/c1-24(2,3)33-22(32)19(15-9-6-5-7-10-15)21(34-4)29-18(30)14-27-20(31)16-11-8-12-17(13-16)28-23(25)26/h5-13,19,21H,14H2,1-4H3,(H,27,31)(H,29,30)(H4,25,26,28). The molecule has 0 radical (unpaired) electrons. The summed E-state index contributed by atoms with van der Waals surface area (Å²) < 4.78 is 5.61. The first-order valence-corrected chi connectivity index (χ1v) is 11.9. The van der Waals surface area contributed by atoms with Crippen molar-refractivity contribution in [3.05, 3.63) is 65.7 Å². The van der Waals surface area contributed by atoms with E-state index in [0.717, 1.165) is 5.56 Å². The monoisotopic (exact) mass is 485 g/mol. The van der Waals surface area contributed by atoms with Gasteiger partial charge in [0.05, 0.1) is 17.6 Å². The van der Waals surface area contributed by atoms with Crippen molar-refractivity contribution in [2.75, 3.05) is 12.8 Å². The first-order chi connectivity index (χ1) is 16.0. The van der Waals surface area contributed by atoms with Gasteiger partial charge in [0, 0.05) is 5.56 Å². The number of aliphatic imine (C=N–C) groups is 1. The number of nitrogens with zero attached hydrogens (tertiary/aromatic N) is 1. The number of amides is 2. The van der Waals surface area contributed by atoms with E-state index in [-0.39, 0.29) is 12.5 Å². The van der Waals surface area contributed by atoms with Crippen molar-refractivity contribution in [1.29, 1.82) is 0 Å². The van der Waals surface area contributed by atoms with Crippen LogP contribution in [0.5, 0.6) is 0 Å². The highest BCUT2D eigenvalue weighted by Gasteiger charge is 2.34. The number of carbonyl (C=O) groups is 3. The zero-order valence-electron chi connectivity index (χ0n) is 19.7. The highest BCUT2D eigenvalue weighted by molar-refractivity contribution is 7.99. The second-order valence-electron chi connectivity index (χ2n) is 8.42. The number of hydrogen-bond donors (Lipinski definition) is 4.